The fraction of sp³-hybridized carbons (Fsp3) is 0.143. The number of carbonyl (C=O) groups excluding carboxylic acids is 1. The molecule has 8 nitrogen and oxygen atoms in total. The van der Waals surface area contributed by atoms with Crippen LogP contribution in [0.2, 0.25) is 0 Å². The zero-order valence-electron chi connectivity index (χ0n) is 15.9. The fourth-order valence-corrected chi connectivity index (χ4v) is 3.01. The third-order valence-corrected chi connectivity index (χ3v) is 4.21. The molecule has 4 rings (SSSR count). The number of carboxylic acid groups (broad SMARTS) is 1. The number of para-hydroxylation sites is 1. The van der Waals surface area contributed by atoms with Gasteiger partial charge < -0.3 is 20.7 Å². The molecule has 0 radical (unpaired) electrons. The van der Waals surface area contributed by atoms with E-state index in [-0.39, 0.29) is 12.2 Å². The van der Waals surface area contributed by atoms with Crippen molar-refractivity contribution in [2.24, 2.45) is 5.73 Å². The van der Waals surface area contributed by atoms with Crippen LogP contribution in [0.15, 0.2) is 60.9 Å². The highest BCUT2D eigenvalue weighted by Gasteiger charge is 2.17. The number of imidazole rings is 1. The van der Waals surface area contributed by atoms with E-state index in [2.05, 4.69) is 27.4 Å². The Morgan fingerprint density at radius 3 is 2.41 bits per heavy atom. The van der Waals surface area contributed by atoms with E-state index in [1.807, 2.05) is 47.0 Å². The largest absolute Gasteiger partial charge is 0.480 e. The first-order valence-electron chi connectivity index (χ1n) is 8.95. The lowest BCUT2D eigenvalue weighted by molar-refractivity contribution is -0.135. The minimum Gasteiger partial charge on any atom is -0.480 e. The van der Waals surface area contributed by atoms with Crippen molar-refractivity contribution in [3.8, 4) is 0 Å². The van der Waals surface area contributed by atoms with Gasteiger partial charge in [0, 0.05) is 11.9 Å². The van der Waals surface area contributed by atoms with E-state index in [1.165, 1.54) is 0 Å². The second-order valence-corrected chi connectivity index (χ2v) is 6.32. The molecule has 0 saturated heterocycles. The molecule has 0 atom stereocenters. The summed E-state index contributed by atoms with van der Waals surface area (Å²) in [5.74, 6) is -1.39. The average Bonchev–Trinajstić information content (AvgIpc) is 3.12. The molecule has 0 aliphatic heterocycles. The van der Waals surface area contributed by atoms with Gasteiger partial charge in [-0.1, -0.05) is 48.5 Å². The van der Waals surface area contributed by atoms with Crippen molar-refractivity contribution in [1.29, 1.82) is 0 Å². The van der Waals surface area contributed by atoms with E-state index in [0.29, 0.717) is 12.1 Å². The number of aromatic nitrogens is 3. The second kappa shape index (κ2) is 8.94. The highest BCUT2D eigenvalue weighted by molar-refractivity contribution is 6.11. The predicted octanol–water partition coefficient (Wildman–Crippen LogP) is 2.02. The molecule has 0 fully saturated rings. The Bertz CT molecular complexity index is 1160. The number of amides is 1. The third-order valence-electron chi connectivity index (χ3n) is 4.21. The first-order valence-corrected chi connectivity index (χ1v) is 8.95. The number of likely N-dealkylation sites (N-methyl/N-ethyl adjacent to an activating group) is 1. The lowest BCUT2D eigenvalue weighted by Crippen LogP contribution is -2.16. The van der Waals surface area contributed by atoms with Crippen LogP contribution in [0.5, 0.6) is 0 Å². The second-order valence-electron chi connectivity index (χ2n) is 6.32. The van der Waals surface area contributed by atoms with Crippen molar-refractivity contribution in [2.45, 2.75) is 6.54 Å². The smallest absolute Gasteiger partial charge is 0.317 e. The zero-order valence-corrected chi connectivity index (χ0v) is 15.9. The number of aliphatic carboxylic acids is 1. The van der Waals surface area contributed by atoms with Gasteiger partial charge in [0.05, 0.1) is 23.9 Å². The number of nitrogens with zero attached hydrogens (tertiary/aromatic N) is 3. The quantitative estimate of drug-likeness (QED) is 0.478. The van der Waals surface area contributed by atoms with Crippen LogP contribution < -0.4 is 11.1 Å². The molecule has 8 heteroatoms. The zero-order chi connectivity index (χ0) is 20.8. The molecule has 0 spiro atoms. The lowest BCUT2D eigenvalue weighted by Gasteiger charge is -2.08. The highest BCUT2D eigenvalue weighted by Crippen LogP contribution is 2.26. The molecule has 0 aliphatic rings. The van der Waals surface area contributed by atoms with Crippen LogP contribution in [-0.2, 0) is 11.3 Å². The molecule has 2 aromatic heterocycles. The maximum absolute atomic E-state index is 11.7. The van der Waals surface area contributed by atoms with Crippen LogP contribution in [0, 0.1) is 0 Å². The van der Waals surface area contributed by atoms with Crippen LogP contribution in [-0.4, -0.2) is 45.1 Å². The van der Waals surface area contributed by atoms with Gasteiger partial charge in [0.1, 0.15) is 5.52 Å². The van der Waals surface area contributed by atoms with Gasteiger partial charge in [0.25, 0.3) is 5.91 Å². The number of pyridine rings is 1. The number of primary amides is 1. The van der Waals surface area contributed by atoms with Crippen LogP contribution in [0.3, 0.4) is 0 Å². The van der Waals surface area contributed by atoms with E-state index in [9.17, 15) is 9.59 Å². The SMILES string of the molecule is CNCC(=O)O.NC(=O)c1nc2ccccc2c2c1ncn2Cc1ccccc1. The molecule has 1 amide bonds. The van der Waals surface area contributed by atoms with Gasteiger partial charge >= 0.3 is 5.97 Å². The minimum atomic E-state index is -0.822. The summed E-state index contributed by atoms with van der Waals surface area (Å²) >= 11 is 0. The summed E-state index contributed by atoms with van der Waals surface area (Å²) in [5, 5.41) is 11.3. The van der Waals surface area contributed by atoms with Crippen LogP contribution in [0.4, 0.5) is 0 Å². The van der Waals surface area contributed by atoms with Crippen molar-refractivity contribution >= 4 is 33.8 Å². The van der Waals surface area contributed by atoms with Crippen LogP contribution in [0.25, 0.3) is 21.9 Å². The van der Waals surface area contributed by atoms with Gasteiger partial charge in [0.15, 0.2) is 5.69 Å². The molecule has 0 unspecified atom stereocenters. The number of fused-ring (bicyclic) bond motifs is 3. The normalized spacial score (nSPS) is 10.5. The van der Waals surface area contributed by atoms with E-state index < -0.39 is 11.9 Å². The first kappa shape index (κ1) is 20.0. The van der Waals surface area contributed by atoms with Crippen molar-refractivity contribution in [3.05, 3.63) is 72.2 Å². The number of carboxylic acids is 1. The van der Waals surface area contributed by atoms with Gasteiger partial charge in [-0.25, -0.2) is 9.97 Å². The highest BCUT2D eigenvalue weighted by atomic mass is 16.4. The summed E-state index contributed by atoms with van der Waals surface area (Å²) in [6.07, 6.45) is 1.73. The number of rotatable bonds is 5. The van der Waals surface area contributed by atoms with Crippen molar-refractivity contribution in [3.63, 3.8) is 0 Å². The molecule has 29 heavy (non-hydrogen) atoms. The summed E-state index contributed by atoms with van der Waals surface area (Å²) < 4.78 is 2.03. The van der Waals surface area contributed by atoms with Crippen LogP contribution >= 0.6 is 0 Å². The molecular weight excluding hydrogens is 370 g/mol. The molecule has 2 heterocycles. The van der Waals surface area contributed by atoms with Crippen molar-refractivity contribution < 1.29 is 14.7 Å². The Labute approximate surface area is 167 Å². The number of nitrogens with two attached hydrogens (primary N) is 1. The number of hydrogen-bond donors (Lipinski definition) is 3. The van der Waals surface area contributed by atoms with Gasteiger partial charge in [-0.3, -0.25) is 9.59 Å². The van der Waals surface area contributed by atoms with Crippen molar-refractivity contribution in [1.82, 2.24) is 19.9 Å². The molecule has 4 aromatic rings. The van der Waals surface area contributed by atoms with E-state index in [1.54, 1.807) is 13.4 Å². The topological polar surface area (TPSA) is 123 Å². The Kier molecular flexibility index (Phi) is 6.16. The summed E-state index contributed by atoms with van der Waals surface area (Å²) in [7, 11) is 1.59. The summed E-state index contributed by atoms with van der Waals surface area (Å²) in [6, 6.07) is 17.8. The Balaban J connectivity index is 0.000000353. The number of benzene rings is 2. The van der Waals surface area contributed by atoms with E-state index >= 15 is 0 Å². The van der Waals surface area contributed by atoms with Crippen molar-refractivity contribution in [2.75, 3.05) is 13.6 Å². The minimum absolute atomic E-state index is 0.0417. The Morgan fingerprint density at radius 1 is 1.10 bits per heavy atom. The molecule has 0 saturated carbocycles. The molecule has 2 aromatic carbocycles. The monoisotopic (exact) mass is 391 g/mol. The average molecular weight is 391 g/mol. The lowest BCUT2D eigenvalue weighted by atomic mass is 10.1. The standard InChI is InChI=1S/C18H14N4O.C3H7NO2/c19-18(23)16-15-17(13-8-4-5-9-14(13)21-16)22(11-20-15)10-12-6-2-1-3-7-12;1-4-2-3(5)6/h1-9,11H,10H2,(H2,19,23);4H,2H2,1H3,(H,5,6). The summed E-state index contributed by atoms with van der Waals surface area (Å²) in [6.45, 7) is 0.712. The maximum Gasteiger partial charge on any atom is 0.317 e. The van der Waals surface area contributed by atoms with Gasteiger partial charge in [0.2, 0.25) is 0 Å². The molecular formula is C21H21N5O3. The maximum atomic E-state index is 11.7. The molecule has 4 N–H and O–H groups in total. The first-order chi connectivity index (χ1) is 14.0. The van der Waals surface area contributed by atoms with E-state index in [0.717, 1.165) is 22.0 Å². The van der Waals surface area contributed by atoms with E-state index in [4.69, 9.17) is 10.8 Å². The predicted molar refractivity (Wildman–Crippen MR) is 111 cm³/mol. The number of nitrogens with one attached hydrogen (secondary N) is 1. The summed E-state index contributed by atoms with van der Waals surface area (Å²) in [5.41, 5.74) is 9.03. The molecule has 0 aliphatic carbocycles. The number of hydrogen-bond acceptors (Lipinski definition) is 5. The Hall–Kier alpha value is -3.78. The summed E-state index contributed by atoms with van der Waals surface area (Å²) in [4.78, 5) is 30.0. The fourth-order valence-electron chi connectivity index (χ4n) is 3.01. The molecule has 0 bridgehead atoms. The van der Waals surface area contributed by atoms with Gasteiger partial charge in [-0.15, -0.1) is 0 Å². The third kappa shape index (κ3) is 4.56. The molecule has 148 valence electrons. The Morgan fingerprint density at radius 2 is 1.79 bits per heavy atom. The van der Waals surface area contributed by atoms with Gasteiger partial charge in [-0.2, -0.15) is 0 Å². The number of carbonyl (C=O) groups is 2. The van der Waals surface area contributed by atoms with Crippen LogP contribution in [0.1, 0.15) is 16.1 Å². The van der Waals surface area contributed by atoms with Gasteiger partial charge in [-0.05, 0) is 18.7 Å².